The van der Waals surface area contributed by atoms with Crippen LogP contribution in [-0.2, 0) is 10.0 Å². The first-order valence-electron chi connectivity index (χ1n) is 6.59. The fourth-order valence-corrected chi connectivity index (χ4v) is 2.62. The third kappa shape index (κ3) is 5.05. The summed E-state index contributed by atoms with van der Waals surface area (Å²) in [4.78, 5) is 0. The van der Waals surface area contributed by atoms with Crippen molar-refractivity contribution in [3.8, 4) is 22.6 Å². The van der Waals surface area contributed by atoms with Crippen LogP contribution >= 0.6 is 0 Å². The lowest BCUT2D eigenvalue weighted by atomic mass is 10.0. The molecule has 9 heteroatoms. The summed E-state index contributed by atoms with van der Waals surface area (Å²) < 4.78 is 70.9. The first-order chi connectivity index (χ1) is 11.1. The van der Waals surface area contributed by atoms with Gasteiger partial charge in [-0.25, -0.2) is 8.42 Å². The summed E-state index contributed by atoms with van der Waals surface area (Å²) in [6.45, 7) is 0. The van der Waals surface area contributed by atoms with Crippen LogP contribution in [0.3, 0.4) is 0 Å². The van der Waals surface area contributed by atoms with Gasteiger partial charge in [-0.1, -0.05) is 12.1 Å². The highest BCUT2D eigenvalue weighted by Gasteiger charge is 2.31. The number of methoxy groups -OCH3 is 1. The van der Waals surface area contributed by atoms with Gasteiger partial charge in [-0.2, -0.15) is 0 Å². The molecule has 0 heterocycles. The average molecular weight is 361 g/mol. The summed E-state index contributed by atoms with van der Waals surface area (Å²) in [5.41, 5.74) is 1.20. The Labute approximate surface area is 137 Å². The van der Waals surface area contributed by atoms with Gasteiger partial charge in [0.2, 0.25) is 10.0 Å². The topological polar surface area (TPSA) is 64.6 Å². The Morgan fingerprint density at radius 1 is 1.08 bits per heavy atom. The number of benzene rings is 2. The van der Waals surface area contributed by atoms with Crippen molar-refractivity contribution in [1.29, 1.82) is 0 Å². The SMILES string of the molecule is COc1cc(NS(C)(=O)=O)ccc1-c1cccc(OC(F)(F)F)c1. The van der Waals surface area contributed by atoms with E-state index in [0.29, 0.717) is 16.9 Å². The number of sulfonamides is 1. The van der Waals surface area contributed by atoms with Crippen molar-refractivity contribution in [3.63, 3.8) is 0 Å². The second-order valence-electron chi connectivity index (χ2n) is 4.86. The molecule has 0 amide bonds. The van der Waals surface area contributed by atoms with Gasteiger partial charge in [-0.05, 0) is 29.8 Å². The van der Waals surface area contributed by atoms with E-state index in [4.69, 9.17) is 4.74 Å². The fraction of sp³-hybridized carbons (Fsp3) is 0.200. The van der Waals surface area contributed by atoms with Crippen molar-refractivity contribution in [2.24, 2.45) is 0 Å². The first-order valence-corrected chi connectivity index (χ1v) is 8.48. The maximum Gasteiger partial charge on any atom is 0.573 e. The van der Waals surface area contributed by atoms with Crippen molar-refractivity contribution in [2.45, 2.75) is 6.36 Å². The molecule has 0 fully saturated rings. The quantitative estimate of drug-likeness (QED) is 0.883. The van der Waals surface area contributed by atoms with Gasteiger partial charge in [-0.3, -0.25) is 4.72 Å². The second kappa shape index (κ2) is 6.60. The van der Waals surface area contributed by atoms with Gasteiger partial charge in [0.05, 0.1) is 19.1 Å². The Balaban J connectivity index is 2.40. The highest BCUT2D eigenvalue weighted by Crippen LogP contribution is 2.35. The Hall–Kier alpha value is -2.42. The number of halogens is 3. The predicted molar refractivity (Wildman–Crippen MR) is 83.6 cm³/mol. The van der Waals surface area contributed by atoms with E-state index >= 15 is 0 Å². The van der Waals surface area contributed by atoms with Crippen LogP contribution in [0, 0.1) is 0 Å². The van der Waals surface area contributed by atoms with Crippen molar-refractivity contribution in [2.75, 3.05) is 18.1 Å². The zero-order valence-corrected chi connectivity index (χ0v) is 13.5. The van der Waals surface area contributed by atoms with Crippen LogP contribution in [0.4, 0.5) is 18.9 Å². The van der Waals surface area contributed by atoms with E-state index in [-0.39, 0.29) is 11.4 Å². The lowest BCUT2D eigenvalue weighted by Crippen LogP contribution is -2.17. The van der Waals surface area contributed by atoms with E-state index in [1.54, 1.807) is 12.1 Å². The molecule has 0 aliphatic rings. The van der Waals surface area contributed by atoms with E-state index in [0.717, 1.165) is 6.26 Å². The minimum absolute atomic E-state index is 0.279. The molecule has 0 radical (unpaired) electrons. The minimum atomic E-state index is -4.79. The number of ether oxygens (including phenoxy) is 2. The maximum absolute atomic E-state index is 12.3. The Kier molecular flexibility index (Phi) is 4.93. The van der Waals surface area contributed by atoms with Crippen LogP contribution in [0.1, 0.15) is 0 Å². The molecule has 130 valence electrons. The molecule has 0 atom stereocenters. The standard InChI is InChI=1S/C15H14F3NO4S/c1-22-14-9-11(19-24(2,20)21)6-7-13(14)10-4-3-5-12(8-10)23-15(16,17)18/h3-9,19H,1-2H3. The van der Waals surface area contributed by atoms with Crippen LogP contribution in [-0.4, -0.2) is 28.1 Å². The summed E-state index contributed by atoms with van der Waals surface area (Å²) in [5.74, 6) is -0.0619. The van der Waals surface area contributed by atoms with Crippen LogP contribution in [0.15, 0.2) is 42.5 Å². The number of alkyl halides is 3. The Morgan fingerprint density at radius 2 is 1.79 bits per heavy atom. The van der Waals surface area contributed by atoms with E-state index < -0.39 is 16.4 Å². The molecule has 2 rings (SSSR count). The molecule has 0 bridgehead atoms. The molecule has 0 aliphatic heterocycles. The predicted octanol–water partition coefficient (Wildman–Crippen LogP) is 3.63. The van der Waals surface area contributed by atoms with Crippen LogP contribution in [0.2, 0.25) is 0 Å². The molecular formula is C15H14F3NO4S. The molecule has 0 saturated carbocycles. The third-order valence-corrected chi connectivity index (χ3v) is 3.49. The molecule has 2 aromatic rings. The summed E-state index contributed by atoms with van der Waals surface area (Å²) in [6.07, 6.45) is -3.78. The molecule has 0 unspecified atom stereocenters. The van der Waals surface area contributed by atoms with Gasteiger partial charge < -0.3 is 9.47 Å². The molecule has 24 heavy (non-hydrogen) atoms. The summed E-state index contributed by atoms with van der Waals surface area (Å²) in [7, 11) is -2.08. The lowest BCUT2D eigenvalue weighted by molar-refractivity contribution is -0.274. The lowest BCUT2D eigenvalue weighted by Gasteiger charge is -2.13. The van der Waals surface area contributed by atoms with Crippen molar-refractivity contribution >= 4 is 15.7 Å². The number of hydrogen-bond acceptors (Lipinski definition) is 4. The fourth-order valence-electron chi connectivity index (χ4n) is 2.07. The molecule has 1 N–H and O–H groups in total. The summed E-state index contributed by atoms with van der Waals surface area (Å²) in [5, 5.41) is 0. The van der Waals surface area contributed by atoms with Gasteiger partial charge in [0.15, 0.2) is 0 Å². The molecule has 0 aromatic heterocycles. The van der Waals surface area contributed by atoms with Gasteiger partial charge in [0, 0.05) is 11.6 Å². The van der Waals surface area contributed by atoms with Gasteiger partial charge in [-0.15, -0.1) is 13.2 Å². The Morgan fingerprint density at radius 3 is 2.38 bits per heavy atom. The summed E-state index contributed by atoms with van der Waals surface area (Å²) in [6, 6.07) is 9.87. The zero-order chi connectivity index (χ0) is 18.0. The average Bonchev–Trinajstić information content (AvgIpc) is 2.44. The molecule has 5 nitrogen and oxygen atoms in total. The van der Waals surface area contributed by atoms with E-state index in [1.165, 1.54) is 37.4 Å². The highest BCUT2D eigenvalue weighted by molar-refractivity contribution is 7.92. The monoisotopic (exact) mass is 361 g/mol. The van der Waals surface area contributed by atoms with Crippen LogP contribution < -0.4 is 14.2 Å². The van der Waals surface area contributed by atoms with Gasteiger partial charge in [0.25, 0.3) is 0 Å². The van der Waals surface area contributed by atoms with Crippen molar-refractivity contribution < 1.29 is 31.1 Å². The van der Waals surface area contributed by atoms with Crippen LogP contribution in [0.25, 0.3) is 11.1 Å². The molecular weight excluding hydrogens is 347 g/mol. The minimum Gasteiger partial charge on any atom is -0.496 e. The van der Waals surface area contributed by atoms with Crippen molar-refractivity contribution in [1.82, 2.24) is 0 Å². The van der Waals surface area contributed by atoms with Gasteiger partial charge >= 0.3 is 6.36 Å². The number of nitrogens with one attached hydrogen (secondary N) is 1. The largest absolute Gasteiger partial charge is 0.573 e. The van der Waals surface area contributed by atoms with Crippen molar-refractivity contribution in [3.05, 3.63) is 42.5 Å². The highest BCUT2D eigenvalue weighted by atomic mass is 32.2. The number of anilines is 1. The first kappa shape index (κ1) is 17.9. The Bertz CT molecular complexity index is 835. The maximum atomic E-state index is 12.3. The molecule has 0 saturated heterocycles. The zero-order valence-electron chi connectivity index (χ0n) is 12.7. The molecule has 2 aromatic carbocycles. The van der Waals surface area contributed by atoms with Crippen LogP contribution in [0.5, 0.6) is 11.5 Å². The summed E-state index contributed by atoms with van der Waals surface area (Å²) >= 11 is 0. The van der Waals surface area contributed by atoms with E-state index in [1.807, 2.05) is 0 Å². The van der Waals surface area contributed by atoms with E-state index in [9.17, 15) is 21.6 Å². The van der Waals surface area contributed by atoms with E-state index in [2.05, 4.69) is 9.46 Å². The normalized spacial score (nSPS) is 11.9. The third-order valence-electron chi connectivity index (χ3n) is 2.88. The number of hydrogen-bond donors (Lipinski definition) is 1. The molecule has 0 aliphatic carbocycles. The smallest absolute Gasteiger partial charge is 0.496 e. The van der Waals surface area contributed by atoms with Gasteiger partial charge in [0.1, 0.15) is 11.5 Å². The second-order valence-corrected chi connectivity index (χ2v) is 6.61. The number of rotatable bonds is 5. The molecule has 0 spiro atoms.